The van der Waals surface area contributed by atoms with Gasteiger partial charge in [0.25, 0.3) is 5.91 Å². The molecule has 3 rings (SSSR count). The van der Waals surface area contributed by atoms with Crippen molar-refractivity contribution in [2.24, 2.45) is 11.8 Å². The van der Waals surface area contributed by atoms with Crippen molar-refractivity contribution < 1.29 is 14.4 Å². The summed E-state index contributed by atoms with van der Waals surface area (Å²) in [5.41, 5.74) is -1.08. The zero-order valence-electron chi connectivity index (χ0n) is 14.2. The Morgan fingerprint density at radius 1 is 1.33 bits per heavy atom. The molecule has 2 aliphatic rings. The van der Waals surface area contributed by atoms with E-state index in [0.717, 1.165) is 16.2 Å². The van der Waals surface area contributed by atoms with Gasteiger partial charge in [-0.3, -0.25) is 14.5 Å². The number of imide groups is 1. The molecule has 24 heavy (non-hydrogen) atoms. The first-order valence-electron chi connectivity index (χ1n) is 8.27. The fourth-order valence-corrected chi connectivity index (χ4v) is 4.51. The van der Waals surface area contributed by atoms with Gasteiger partial charge in [-0.1, -0.05) is 19.9 Å². The van der Waals surface area contributed by atoms with E-state index in [1.165, 1.54) is 11.3 Å². The Hall–Kier alpha value is -1.89. The third kappa shape index (κ3) is 2.92. The zero-order chi connectivity index (χ0) is 17.5. The van der Waals surface area contributed by atoms with E-state index in [9.17, 15) is 14.4 Å². The van der Waals surface area contributed by atoms with Crippen LogP contribution in [0.25, 0.3) is 0 Å². The molecule has 7 heteroatoms. The van der Waals surface area contributed by atoms with Crippen molar-refractivity contribution in [3.8, 4) is 0 Å². The van der Waals surface area contributed by atoms with Gasteiger partial charge in [-0.2, -0.15) is 0 Å². The number of urea groups is 1. The highest BCUT2D eigenvalue weighted by atomic mass is 32.1. The number of carbonyl (C=O) groups is 3. The molecule has 3 unspecified atom stereocenters. The lowest BCUT2D eigenvalue weighted by atomic mass is 9.92. The average Bonchev–Trinajstić information content (AvgIpc) is 3.11. The largest absolute Gasteiger partial charge is 0.341 e. The van der Waals surface area contributed by atoms with Crippen LogP contribution in [0.15, 0.2) is 17.5 Å². The van der Waals surface area contributed by atoms with Gasteiger partial charge in [-0.15, -0.1) is 11.3 Å². The van der Waals surface area contributed by atoms with Crippen LogP contribution >= 0.6 is 11.3 Å². The van der Waals surface area contributed by atoms with Crippen molar-refractivity contribution >= 4 is 29.2 Å². The van der Waals surface area contributed by atoms with Gasteiger partial charge < -0.3 is 10.2 Å². The number of hydrogen-bond donors (Lipinski definition) is 1. The maximum Gasteiger partial charge on any atom is 0.325 e. The molecule has 2 fully saturated rings. The summed E-state index contributed by atoms with van der Waals surface area (Å²) < 4.78 is 0. The Labute approximate surface area is 145 Å². The van der Waals surface area contributed by atoms with E-state index in [-0.39, 0.29) is 18.4 Å². The average molecular weight is 349 g/mol. The normalized spacial score (nSPS) is 30.6. The summed E-state index contributed by atoms with van der Waals surface area (Å²) in [7, 11) is 0. The third-order valence-corrected chi connectivity index (χ3v) is 5.90. The Morgan fingerprint density at radius 3 is 2.58 bits per heavy atom. The van der Waals surface area contributed by atoms with Crippen molar-refractivity contribution in [3.63, 3.8) is 0 Å². The molecule has 2 saturated heterocycles. The Bertz CT molecular complexity index is 650. The van der Waals surface area contributed by atoms with Gasteiger partial charge in [0.2, 0.25) is 5.91 Å². The number of nitrogens with zero attached hydrogens (tertiary/aromatic N) is 2. The van der Waals surface area contributed by atoms with Gasteiger partial charge in [0, 0.05) is 18.0 Å². The van der Waals surface area contributed by atoms with E-state index in [1.54, 1.807) is 11.8 Å². The van der Waals surface area contributed by atoms with Crippen LogP contribution < -0.4 is 5.32 Å². The predicted molar refractivity (Wildman–Crippen MR) is 91.4 cm³/mol. The van der Waals surface area contributed by atoms with E-state index in [2.05, 4.69) is 19.2 Å². The second-order valence-corrected chi connectivity index (χ2v) is 8.12. The van der Waals surface area contributed by atoms with Gasteiger partial charge in [-0.25, -0.2) is 4.79 Å². The molecule has 1 N–H and O–H groups in total. The van der Waals surface area contributed by atoms with Gasteiger partial charge in [-0.05, 0) is 36.6 Å². The van der Waals surface area contributed by atoms with Crippen LogP contribution in [0.1, 0.15) is 32.1 Å². The molecular weight excluding hydrogens is 326 g/mol. The second kappa shape index (κ2) is 6.20. The van der Waals surface area contributed by atoms with Crippen molar-refractivity contribution in [3.05, 3.63) is 22.4 Å². The number of piperidine rings is 1. The minimum atomic E-state index is -1.08. The van der Waals surface area contributed by atoms with Crippen molar-refractivity contribution in [2.75, 3.05) is 19.6 Å². The number of nitrogens with one attached hydrogen (secondary N) is 1. The lowest BCUT2D eigenvalue weighted by Crippen LogP contribution is -2.48. The number of thiophene rings is 1. The van der Waals surface area contributed by atoms with E-state index in [1.807, 2.05) is 17.5 Å². The molecule has 1 aromatic heterocycles. The third-order valence-electron chi connectivity index (χ3n) is 4.80. The topological polar surface area (TPSA) is 69.7 Å². The highest BCUT2D eigenvalue weighted by Gasteiger charge is 2.50. The Balaban J connectivity index is 1.72. The molecule has 0 spiro atoms. The number of carbonyl (C=O) groups excluding carboxylic acids is 3. The van der Waals surface area contributed by atoms with Crippen LogP contribution in [0.5, 0.6) is 0 Å². The first-order chi connectivity index (χ1) is 11.3. The fourth-order valence-electron chi connectivity index (χ4n) is 3.67. The summed E-state index contributed by atoms with van der Waals surface area (Å²) in [4.78, 5) is 41.2. The van der Waals surface area contributed by atoms with Crippen LogP contribution in [0.3, 0.4) is 0 Å². The van der Waals surface area contributed by atoms with E-state index >= 15 is 0 Å². The summed E-state index contributed by atoms with van der Waals surface area (Å²) in [6.45, 7) is 7.12. The zero-order valence-corrected chi connectivity index (χ0v) is 15.1. The summed E-state index contributed by atoms with van der Waals surface area (Å²) >= 11 is 1.42. The lowest BCUT2D eigenvalue weighted by molar-refractivity contribution is -0.140. The SMILES string of the molecule is CC1CC(C)CN(C(=O)CN2C(=O)NC(C)(c3cccs3)C2=O)C1. The minimum absolute atomic E-state index is 0.160. The maximum atomic E-state index is 12.8. The molecule has 3 heterocycles. The van der Waals surface area contributed by atoms with Gasteiger partial charge in [0.15, 0.2) is 5.54 Å². The predicted octanol–water partition coefficient (Wildman–Crippen LogP) is 2.02. The molecule has 2 aliphatic heterocycles. The molecule has 0 radical (unpaired) electrons. The van der Waals surface area contributed by atoms with Crippen LogP contribution in [0.2, 0.25) is 0 Å². The quantitative estimate of drug-likeness (QED) is 0.849. The first-order valence-corrected chi connectivity index (χ1v) is 9.15. The fraction of sp³-hybridized carbons (Fsp3) is 0.588. The van der Waals surface area contributed by atoms with Gasteiger partial charge in [0.05, 0.1) is 0 Å². The number of amides is 4. The van der Waals surface area contributed by atoms with Crippen molar-refractivity contribution in [1.82, 2.24) is 15.1 Å². The van der Waals surface area contributed by atoms with Crippen LogP contribution in [-0.4, -0.2) is 47.3 Å². The van der Waals surface area contributed by atoms with E-state index in [0.29, 0.717) is 24.9 Å². The van der Waals surface area contributed by atoms with Crippen molar-refractivity contribution in [2.45, 2.75) is 32.7 Å². The minimum Gasteiger partial charge on any atom is -0.341 e. The van der Waals surface area contributed by atoms with E-state index < -0.39 is 11.6 Å². The number of likely N-dealkylation sites (tertiary alicyclic amines) is 1. The highest BCUT2D eigenvalue weighted by molar-refractivity contribution is 7.10. The van der Waals surface area contributed by atoms with Gasteiger partial charge in [0.1, 0.15) is 6.54 Å². The maximum absolute atomic E-state index is 12.8. The molecule has 4 amide bonds. The molecule has 0 saturated carbocycles. The van der Waals surface area contributed by atoms with Gasteiger partial charge >= 0.3 is 6.03 Å². The second-order valence-electron chi connectivity index (χ2n) is 7.17. The molecular formula is C17H23N3O3S. The molecule has 0 aromatic carbocycles. The number of rotatable bonds is 3. The number of hydrogen-bond acceptors (Lipinski definition) is 4. The monoisotopic (exact) mass is 349 g/mol. The molecule has 6 nitrogen and oxygen atoms in total. The standard InChI is InChI=1S/C17H23N3O3S/c1-11-7-12(2)9-19(8-11)14(21)10-20-15(22)17(3,18-16(20)23)13-5-4-6-24-13/h4-6,11-12H,7-10H2,1-3H3,(H,18,23). The summed E-state index contributed by atoms with van der Waals surface area (Å²) in [6.07, 6.45) is 1.10. The van der Waals surface area contributed by atoms with Crippen LogP contribution in [0, 0.1) is 11.8 Å². The molecule has 130 valence electrons. The molecule has 1 aromatic rings. The van der Waals surface area contributed by atoms with E-state index in [4.69, 9.17) is 0 Å². The molecule has 0 aliphatic carbocycles. The Kier molecular flexibility index (Phi) is 4.38. The molecule has 3 atom stereocenters. The lowest BCUT2D eigenvalue weighted by Gasteiger charge is -2.35. The summed E-state index contributed by atoms with van der Waals surface area (Å²) in [5.74, 6) is 0.364. The van der Waals surface area contributed by atoms with Crippen LogP contribution in [0.4, 0.5) is 4.79 Å². The Morgan fingerprint density at radius 2 is 2.00 bits per heavy atom. The first kappa shape index (κ1) is 17.0. The summed E-state index contributed by atoms with van der Waals surface area (Å²) in [5, 5.41) is 4.60. The van der Waals surface area contributed by atoms with Crippen LogP contribution in [-0.2, 0) is 15.1 Å². The molecule has 0 bridgehead atoms. The smallest absolute Gasteiger partial charge is 0.325 e. The van der Waals surface area contributed by atoms with Crippen molar-refractivity contribution in [1.29, 1.82) is 0 Å². The summed E-state index contributed by atoms with van der Waals surface area (Å²) in [6, 6.07) is 3.17. The highest BCUT2D eigenvalue weighted by Crippen LogP contribution is 2.32.